The molecule has 1 saturated heterocycles. The van der Waals surface area contributed by atoms with Crippen LogP contribution in [0.15, 0.2) is 35.3 Å². The number of halogens is 1. The van der Waals surface area contributed by atoms with Gasteiger partial charge in [-0.1, -0.05) is 44.2 Å². The van der Waals surface area contributed by atoms with Gasteiger partial charge in [-0.2, -0.15) is 0 Å². The third-order valence-electron chi connectivity index (χ3n) is 6.15. The van der Waals surface area contributed by atoms with Crippen molar-refractivity contribution >= 4 is 29.9 Å². The molecule has 6 nitrogen and oxygen atoms in total. The Morgan fingerprint density at radius 2 is 1.70 bits per heavy atom. The van der Waals surface area contributed by atoms with Crippen molar-refractivity contribution in [2.75, 3.05) is 60.0 Å². The van der Waals surface area contributed by atoms with E-state index in [9.17, 15) is 0 Å². The fourth-order valence-electron chi connectivity index (χ4n) is 4.06. The van der Waals surface area contributed by atoms with Gasteiger partial charge in [-0.3, -0.25) is 9.89 Å². The first-order chi connectivity index (χ1) is 14.1. The van der Waals surface area contributed by atoms with Gasteiger partial charge in [-0.15, -0.1) is 24.0 Å². The van der Waals surface area contributed by atoms with Gasteiger partial charge in [0.05, 0.1) is 12.6 Å². The van der Waals surface area contributed by atoms with Gasteiger partial charge < -0.3 is 20.3 Å². The number of likely N-dealkylation sites (N-methyl/N-ethyl adjacent to an activating group) is 2. The second-order valence-corrected chi connectivity index (χ2v) is 7.95. The molecule has 1 aromatic rings. The van der Waals surface area contributed by atoms with Crippen molar-refractivity contribution in [2.24, 2.45) is 4.99 Å². The summed E-state index contributed by atoms with van der Waals surface area (Å²) < 4.78 is 5.60. The van der Waals surface area contributed by atoms with E-state index in [0.717, 1.165) is 64.7 Å². The fourth-order valence-corrected chi connectivity index (χ4v) is 4.06. The Balaban J connectivity index is 0.00000450. The van der Waals surface area contributed by atoms with Crippen LogP contribution < -0.4 is 10.6 Å². The van der Waals surface area contributed by atoms with Gasteiger partial charge in [-0.25, -0.2) is 0 Å². The van der Waals surface area contributed by atoms with E-state index in [-0.39, 0.29) is 29.5 Å². The predicted octanol–water partition coefficient (Wildman–Crippen LogP) is 3.35. The van der Waals surface area contributed by atoms with Crippen LogP contribution >= 0.6 is 24.0 Å². The van der Waals surface area contributed by atoms with E-state index < -0.39 is 0 Å². The van der Waals surface area contributed by atoms with Crippen LogP contribution in [0.1, 0.15) is 45.2 Å². The van der Waals surface area contributed by atoms with Crippen LogP contribution in [0.4, 0.5) is 0 Å². The molecule has 7 heteroatoms. The summed E-state index contributed by atoms with van der Waals surface area (Å²) in [5, 5.41) is 7.04. The topological polar surface area (TPSA) is 52.1 Å². The van der Waals surface area contributed by atoms with Crippen LogP contribution in [0.5, 0.6) is 0 Å². The molecule has 172 valence electrons. The Kier molecular flexibility index (Phi) is 12.9. The minimum absolute atomic E-state index is 0. The van der Waals surface area contributed by atoms with Gasteiger partial charge in [-0.05, 0) is 52.5 Å². The zero-order valence-electron chi connectivity index (χ0n) is 19.5. The quantitative estimate of drug-likeness (QED) is 0.276. The molecule has 1 atom stereocenters. The standard InChI is InChI=1S/C23H41N5O.HI/c1-6-24-22(26-19-23(27(4)5)14-16-29-17-15-23)25-18-21(28(7-2)8-3)20-12-10-9-11-13-20;/h9-13,21H,6-8,14-19H2,1-5H3,(H2,24,25,26);1H. The second-order valence-electron chi connectivity index (χ2n) is 7.95. The molecule has 30 heavy (non-hydrogen) atoms. The molecule has 0 saturated carbocycles. The predicted molar refractivity (Wildman–Crippen MR) is 138 cm³/mol. The molecule has 0 radical (unpaired) electrons. The van der Waals surface area contributed by atoms with E-state index in [2.05, 4.69) is 85.6 Å². The SMILES string of the molecule is CCNC(=NCC1(N(C)C)CCOCC1)NCC(c1ccccc1)N(CC)CC.I. The highest BCUT2D eigenvalue weighted by Crippen LogP contribution is 2.26. The third kappa shape index (κ3) is 7.66. The first-order valence-electron chi connectivity index (χ1n) is 11.1. The van der Waals surface area contributed by atoms with Crippen molar-refractivity contribution in [1.82, 2.24) is 20.4 Å². The molecule has 2 rings (SSSR count). The van der Waals surface area contributed by atoms with Crippen molar-refractivity contribution in [2.45, 2.75) is 45.2 Å². The van der Waals surface area contributed by atoms with Crippen LogP contribution in [0, 0.1) is 0 Å². The highest BCUT2D eigenvalue weighted by molar-refractivity contribution is 14.0. The Morgan fingerprint density at radius 1 is 1.07 bits per heavy atom. The zero-order valence-corrected chi connectivity index (χ0v) is 21.8. The summed E-state index contributed by atoms with van der Waals surface area (Å²) >= 11 is 0. The van der Waals surface area contributed by atoms with Gasteiger partial charge in [0.1, 0.15) is 0 Å². The lowest BCUT2D eigenvalue weighted by atomic mass is 9.89. The number of rotatable bonds is 10. The van der Waals surface area contributed by atoms with Crippen molar-refractivity contribution in [3.05, 3.63) is 35.9 Å². The van der Waals surface area contributed by atoms with Gasteiger partial charge in [0.2, 0.25) is 0 Å². The lowest BCUT2D eigenvalue weighted by molar-refractivity contribution is -0.00255. The Bertz CT molecular complexity index is 601. The molecule has 1 aliphatic rings. The molecule has 1 heterocycles. The lowest BCUT2D eigenvalue weighted by Gasteiger charge is -2.41. The van der Waals surface area contributed by atoms with E-state index in [1.807, 2.05) is 0 Å². The summed E-state index contributed by atoms with van der Waals surface area (Å²) in [4.78, 5) is 9.80. The Morgan fingerprint density at radius 3 is 2.23 bits per heavy atom. The van der Waals surface area contributed by atoms with Crippen molar-refractivity contribution < 1.29 is 4.74 Å². The van der Waals surface area contributed by atoms with E-state index in [1.54, 1.807) is 0 Å². The van der Waals surface area contributed by atoms with Crippen LogP contribution in [-0.2, 0) is 4.74 Å². The van der Waals surface area contributed by atoms with E-state index in [1.165, 1.54) is 5.56 Å². The molecule has 0 spiro atoms. The van der Waals surface area contributed by atoms with Gasteiger partial charge in [0, 0.05) is 31.8 Å². The molecule has 0 amide bonds. The van der Waals surface area contributed by atoms with Crippen molar-refractivity contribution in [1.29, 1.82) is 0 Å². The van der Waals surface area contributed by atoms with Crippen LogP contribution in [0.3, 0.4) is 0 Å². The van der Waals surface area contributed by atoms with Crippen LogP contribution in [0.2, 0.25) is 0 Å². The Hall–Kier alpha value is -0.900. The van der Waals surface area contributed by atoms with Gasteiger partial charge in [0.25, 0.3) is 0 Å². The maximum Gasteiger partial charge on any atom is 0.191 e. The number of guanidine groups is 1. The molecule has 0 aliphatic carbocycles. The fraction of sp³-hybridized carbons (Fsp3) is 0.696. The molecular formula is C23H42IN5O. The summed E-state index contributed by atoms with van der Waals surface area (Å²) in [5.74, 6) is 0.897. The number of ether oxygens (including phenoxy) is 1. The molecule has 1 aromatic carbocycles. The molecule has 1 unspecified atom stereocenters. The monoisotopic (exact) mass is 531 g/mol. The number of benzene rings is 1. The summed E-state index contributed by atoms with van der Waals surface area (Å²) in [7, 11) is 4.32. The molecule has 2 N–H and O–H groups in total. The highest BCUT2D eigenvalue weighted by Gasteiger charge is 2.34. The van der Waals surface area contributed by atoms with Crippen LogP contribution in [-0.4, -0.2) is 81.3 Å². The van der Waals surface area contributed by atoms with Crippen molar-refractivity contribution in [3.8, 4) is 0 Å². The molecular weight excluding hydrogens is 489 g/mol. The smallest absolute Gasteiger partial charge is 0.191 e. The summed E-state index contributed by atoms with van der Waals surface area (Å²) in [6.07, 6.45) is 2.05. The highest BCUT2D eigenvalue weighted by atomic mass is 127. The summed E-state index contributed by atoms with van der Waals surface area (Å²) in [5.41, 5.74) is 1.42. The summed E-state index contributed by atoms with van der Waals surface area (Å²) in [6, 6.07) is 11.1. The van der Waals surface area contributed by atoms with E-state index >= 15 is 0 Å². The number of aliphatic imine (C=N–C) groups is 1. The molecule has 0 bridgehead atoms. The van der Waals surface area contributed by atoms with Gasteiger partial charge >= 0.3 is 0 Å². The Labute approximate surface area is 200 Å². The second kappa shape index (κ2) is 14.2. The van der Waals surface area contributed by atoms with E-state index in [4.69, 9.17) is 9.73 Å². The maximum atomic E-state index is 5.60. The average molecular weight is 532 g/mol. The maximum absolute atomic E-state index is 5.60. The summed E-state index contributed by atoms with van der Waals surface area (Å²) in [6.45, 7) is 12.7. The van der Waals surface area contributed by atoms with Crippen LogP contribution in [0.25, 0.3) is 0 Å². The van der Waals surface area contributed by atoms with E-state index in [0.29, 0.717) is 6.04 Å². The molecule has 0 aromatic heterocycles. The normalized spacial score (nSPS) is 17.5. The van der Waals surface area contributed by atoms with Gasteiger partial charge in [0.15, 0.2) is 5.96 Å². The average Bonchev–Trinajstić information content (AvgIpc) is 2.76. The number of nitrogens with zero attached hydrogens (tertiary/aromatic N) is 3. The molecule has 1 fully saturated rings. The zero-order chi connectivity index (χ0) is 21.1. The number of nitrogens with one attached hydrogen (secondary N) is 2. The largest absolute Gasteiger partial charge is 0.381 e. The minimum Gasteiger partial charge on any atom is -0.381 e. The lowest BCUT2D eigenvalue weighted by Crippen LogP contribution is -2.52. The number of hydrogen-bond acceptors (Lipinski definition) is 4. The first kappa shape index (κ1) is 27.1. The number of hydrogen-bond donors (Lipinski definition) is 2. The first-order valence-corrected chi connectivity index (χ1v) is 11.1. The van der Waals surface area contributed by atoms with Crippen molar-refractivity contribution in [3.63, 3.8) is 0 Å². The molecule has 1 aliphatic heterocycles. The minimum atomic E-state index is 0. The third-order valence-corrected chi connectivity index (χ3v) is 6.15.